The summed E-state index contributed by atoms with van der Waals surface area (Å²) in [7, 11) is 0. The fourth-order valence-corrected chi connectivity index (χ4v) is 1.57. The highest BCUT2D eigenvalue weighted by molar-refractivity contribution is 5.90. The largest absolute Gasteiger partial charge is 0.507 e. The minimum atomic E-state index is -0.644. The second kappa shape index (κ2) is 8.51. The van der Waals surface area contributed by atoms with Crippen molar-refractivity contribution in [1.29, 1.82) is 0 Å². The lowest BCUT2D eigenvalue weighted by atomic mass is 10.1. The normalized spacial score (nSPS) is 11.9. The van der Waals surface area contributed by atoms with Crippen LogP contribution in [0.4, 0.5) is 0 Å². The van der Waals surface area contributed by atoms with E-state index in [9.17, 15) is 19.8 Å². The van der Waals surface area contributed by atoms with Gasteiger partial charge in [0.1, 0.15) is 11.5 Å². The third kappa shape index (κ3) is 5.32. The Labute approximate surface area is 128 Å². The smallest absolute Gasteiger partial charge is 0.334 e. The molecule has 0 radical (unpaired) electrons. The van der Waals surface area contributed by atoms with Crippen LogP contribution in [0.3, 0.4) is 0 Å². The van der Waals surface area contributed by atoms with E-state index < -0.39 is 11.9 Å². The van der Waals surface area contributed by atoms with Crippen molar-refractivity contribution in [2.24, 2.45) is 0 Å². The standard InChI is InChI=1S/C16H18O6/c1-3-21-15(19)9-13(17)11-5-7-12(8-6-11)14(18)10-16(20)22-4-2/h5-10,17-18H,3-4H2,1-2H3/b13-9-,14-10-. The molecule has 22 heavy (non-hydrogen) atoms. The van der Waals surface area contributed by atoms with E-state index in [0.29, 0.717) is 11.1 Å². The van der Waals surface area contributed by atoms with Crippen LogP contribution < -0.4 is 0 Å². The lowest BCUT2D eigenvalue weighted by molar-refractivity contribution is -0.138. The monoisotopic (exact) mass is 306 g/mol. The van der Waals surface area contributed by atoms with Gasteiger partial charge in [0.15, 0.2) is 0 Å². The van der Waals surface area contributed by atoms with Crippen LogP contribution in [0.5, 0.6) is 0 Å². The number of benzene rings is 1. The van der Waals surface area contributed by atoms with Gasteiger partial charge in [-0.05, 0) is 13.8 Å². The fraction of sp³-hybridized carbons (Fsp3) is 0.250. The Morgan fingerprint density at radius 3 is 1.45 bits per heavy atom. The zero-order valence-corrected chi connectivity index (χ0v) is 12.4. The van der Waals surface area contributed by atoms with E-state index in [-0.39, 0.29) is 24.7 Å². The lowest BCUT2D eigenvalue weighted by Gasteiger charge is -2.04. The topological polar surface area (TPSA) is 93.1 Å². The number of aliphatic hydroxyl groups is 2. The van der Waals surface area contributed by atoms with E-state index in [0.717, 1.165) is 12.2 Å². The highest BCUT2D eigenvalue weighted by Crippen LogP contribution is 2.17. The first-order chi connectivity index (χ1) is 10.5. The first-order valence-corrected chi connectivity index (χ1v) is 6.73. The Kier molecular flexibility index (Phi) is 6.69. The van der Waals surface area contributed by atoms with Gasteiger partial charge in [0.25, 0.3) is 0 Å². The maximum Gasteiger partial charge on any atom is 0.334 e. The molecule has 1 aromatic rings. The van der Waals surface area contributed by atoms with Gasteiger partial charge in [-0.15, -0.1) is 0 Å². The van der Waals surface area contributed by atoms with Crippen molar-refractivity contribution in [3.8, 4) is 0 Å². The van der Waals surface area contributed by atoms with Crippen molar-refractivity contribution in [2.75, 3.05) is 13.2 Å². The Balaban J connectivity index is 2.86. The number of esters is 2. The summed E-state index contributed by atoms with van der Waals surface area (Å²) in [6.45, 7) is 3.76. The highest BCUT2D eigenvalue weighted by atomic mass is 16.5. The number of hydrogen-bond donors (Lipinski definition) is 2. The third-order valence-electron chi connectivity index (χ3n) is 2.56. The molecule has 0 spiro atoms. The molecule has 118 valence electrons. The average Bonchev–Trinajstić information content (AvgIpc) is 2.47. The van der Waals surface area contributed by atoms with E-state index in [1.807, 2.05) is 0 Å². The van der Waals surface area contributed by atoms with E-state index >= 15 is 0 Å². The summed E-state index contributed by atoms with van der Waals surface area (Å²) in [6.07, 6.45) is 1.93. The van der Waals surface area contributed by atoms with Gasteiger partial charge in [0.05, 0.1) is 25.4 Å². The molecule has 6 heteroatoms. The quantitative estimate of drug-likeness (QED) is 0.477. The van der Waals surface area contributed by atoms with Gasteiger partial charge in [-0.25, -0.2) is 9.59 Å². The van der Waals surface area contributed by atoms with Gasteiger partial charge in [-0.2, -0.15) is 0 Å². The molecule has 2 N–H and O–H groups in total. The predicted octanol–water partition coefficient (Wildman–Crippen LogP) is 2.61. The summed E-state index contributed by atoms with van der Waals surface area (Å²) < 4.78 is 9.37. The SMILES string of the molecule is CCOC(=O)/C=C(\O)c1ccc(/C(O)=C/C(=O)OCC)cc1. The minimum Gasteiger partial charge on any atom is -0.507 e. The zero-order chi connectivity index (χ0) is 16.5. The summed E-state index contributed by atoms with van der Waals surface area (Å²) >= 11 is 0. The summed E-state index contributed by atoms with van der Waals surface area (Å²) in [5.41, 5.74) is 0.751. The molecule has 0 aliphatic rings. The molecule has 0 bridgehead atoms. The Morgan fingerprint density at radius 1 is 0.864 bits per heavy atom. The zero-order valence-electron chi connectivity index (χ0n) is 12.4. The predicted molar refractivity (Wildman–Crippen MR) is 80.9 cm³/mol. The number of carbonyl (C=O) groups is 2. The fourth-order valence-electron chi connectivity index (χ4n) is 1.57. The molecule has 0 saturated carbocycles. The molecule has 1 rings (SSSR count). The number of carbonyl (C=O) groups excluding carboxylic acids is 2. The van der Waals surface area contributed by atoms with Crippen LogP contribution in [-0.2, 0) is 19.1 Å². The summed E-state index contributed by atoms with van der Waals surface area (Å²) in [5.74, 6) is -1.79. The van der Waals surface area contributed by atoms with Crippen molar-refractivity contribution >= 4 is 23.5 Å². The van der Waals surface area contributed by atoms with Crippen LogP contribution in [0.1, 0.15) is 25.0 Å². The molecule has 0 fully saturated rings. The number of hydrogen-bond acceptors (Lipinski definition) is 6. The number of aliphatic hydroxyl groups excluding tert-OH is 2. The first kappa shape index (κ1) is 17.3. The molecule has 0 unspecified atom stereocenters. The Morgan fingerprint density at radius 2 is 1.18 bits per heavy atom. The van der Waals surface area contributed by atoms with Crippen LogP contribution in [0, 0.1) is 0 Å². The van der Waals surface area contributed by atoms with Crippen molar-refractivity contribution in [3.05, 3.63) is 47.5 Å². The molecule has 0 aliphatic heterocycles. The molecular weight excluding hydrogens is 288 g/mol. The number of ether oxygens (including phenoxy) is 2. The van der Waals surface area contributed by atoms with Crippen molar-refractivity contribution in [2.45, 2.75) is 13.8 Å². The molecule has 1 aromatic carbocycles. The van der Waals surface area contributed by atoms with Crippen molar-refractivity contribution < 1.29 is 29.3 Å². The van der Waals surface area contributed by atoms with Crippen LogP contribution in [0.15, 0.2) is 36.4 Å². The van der Waals surface area contributed by atoms with Gasteiger partial charge in [0.2, 0.25) is 0 Å². The molecule has 0 saturated heterocycles. The third-order valence-corrected chi connectivity index (χ3v) is 2.56. The maximum atomic E-state index is 11.2. The molecule has 0 aliphatic carbocycles. The van der Waals surface area contributed by atoms with Crippen LogP contribution in [-0.4, -0.2) is 35.4 Å². The Hall–Kier alpha value is -2.76. The second-order valence-electron chi connectivity index (χ2n) is 4.14. The molecule has 0 aromatic heterocycles. The number of rotatable bonds is 6. The summed E-state index contributed by atoms with van der Waals surface area (Å²) in [5, 5.41) is 19.5. The van der Waals surface area contributed by atoms with E-state index in [1.54, 1.807) is 13.8 Å². The van der Waals surface area contributed by atoms with Gasteiger partial charge in [0, 0.05) is 11.1 Å². The van der Waals surface area contributed by atoms with Crippen molar-refractivity contribution in [3.63, 3.8) is 0 Å². The minimum absolute atomic E-state index is 0.216. The molecule has 0 amide bonds. The molecule has 6 nitrogen and oxygen atoms in total. The van der Waals surface area contributed by atoms with Crippen molar-refractivity contribution in [1.82, 2.24) is 0 Å². The maximum absolute atomic E-state index is 11.2. The Bertz CT molecular complexity index is 530. The van der Waals surface area contributed by atoms with Gasteiger partial charge < -0.3 is 19.7 Å². The van der Waals surface area contributed by atoms with Gasteiger partial charge >= 0.3 is 11.9 Å². The summed E-state index contributed by atoms with van der Waals surface area (Å²) in [4.78, 5) is 22.5. The lowest BCUT2D eigenvalue weighted by Crippen LogP contribution is -2.01. The van der Waals surface area contributed by atoms with E-state index in [4.69, 9.17) is 0 Å². The molecular formula is C16H18O6. The molecule has 0 atom stereocenters. The van der Waals surface area contributed by atoms with Crippen LogP contribution >= 0.6 is 0 Å². The second-order valence-corrected chi connectivity index (χ2v) is 4.14. The van der Waals surface area contributed by atoms with Crippen LogP contribution in [0.2, 0.25) is 0 Å². The average molecular weight is 306 g/mol. The van der Waals surface area contributed by atoms with E-state index in [2.05, 4.69) is 9.47 Å². The molecule has 0 heterocycles. The van der Waals surface area contributed by atoms with Crippen LogP contribution in [0.25, 0.3) is 11.5 Å². The highest BCUT2D eigenvalue weighted by Gasteiger charge is 2.07. The van der Waals surface area contributed by atoms with Gasteiger partial charge in [-0.3, -0.25) is 0 Å². The summed E-state index contributed by atoms with van der Waals surface area (Å²) in [6, 6.07) is 5.98. The van der Waals surface area contributed by atoms with Gasteiger partial charge in [-0.1, -0.05) is 24.3 Å². The van der Waals surface area contributed by atoms with E-state index in [1.165, 1.54) is 24.3 Å². The first-order valence-electron chi connectivity index (χ1n) is 6.73.